The molecule has 0 heteroatoms. The molecule has 0 unspecified atom stereocenters. The molecule has 13 heavy (non-hydrogen) atoms. The molecule has 0 saturated heterocycles. The van der Waals surface area contributed by atoms with Crippen LogP contribution in [0.5, 0.6) is 0 Å². The molecule has 0 radical (unpaired) electrons. The molecular weight excluding hydrogens is 156 g/mol. The highest BCUT2D eigenvalue weighted by atomic mass is 13.9. The third-order valence-electron chi connectivity index (χ3n) is 1.92. The van der Waals surface area contributed by atoms with Crippen molar-refractivity contribution in [1.29, 1.82) is 0 Å². The molecule has 0 aliphatic heterocycles. The number of rotatable bonds is 8. The lowest BCUT2D eigenvalue weighted by Gasteiger charge is -1.91. The zero-order chi connectivity index (χ0) is 9.78. The molecule has 0 bridgehead atoms. The van der Waals surface area contributed by atoms with E-state index in [4.69, 9.17) is 0 Å². The first-order valence-corrected chi connectivity index (χ1v) is 5.29. The fourth-order valence-electron chi connectivity index (χ4n) is 1.14. The summed E-state index contributed by atoms with van der Waals surface area (Å²) in [7, 11) is 0. The van der Waals surface area contributed by atoms with Gasteiger partial charge in [0.15, 0.2) is 0 Å². The summed E-state index contributed by atoms with van der Waals surface area (Å²) in [6.45, 7) is 5.77. The van der Waals surface area contributed by atoms with E-state index in [1.54, 1.807) is 0 Å². The van der Waals surface area contributed by atoms with Crippen LogP contribution in [0.25, 0.3) is 0 Å². The van der Waals surface area contributed by atoms with Gasteiger partial charge >= 0.3 is 0 Å². The van der Waals surface area contributed by atoms with Crippen molar-refractivity contribution < 1.29 is 0 Å². The van der Waals surface area contributed by atoms with E-state index >= 15 is 0 Å². The van der Waals surface area contributed by atoms with Gasteiger partial charge in [0.05, 0.1) is 0 Å². The van der Waals surface area contributed by atoms with Gasteiger partial charge in [-0.05, 0) is 45.4 Å². The minimum atomic E-state index is 1.14. The molecule has 0 nitrogen and oxygen atoms in total. The van der Waals surface area contributed by atoms with Crippen molar-refractivity contribution in [2.45, 2.75) is 45.4 Å². The van der Waals surface area contributed by atoms with Crippen LogP contribution < -0.4 is 0 Å². The van der Waals surface area contributed by atoms with E-state index in [0.29, 0.717) is 0 Å². The maximum Gasteiger partial charge on any atom is -0.0348 e. The van der Waals surface area contributed by atoms with Gasteiger partial charge < -0.3 is 0 Å². The van der Waals surface area contributed by atoms with E-state index in [0.717, 1.165) is 6.42 Å². The highest BCUT2D eigenvalue weighted by Gasteiger charge is 1.81. The topological polar surface area (TPSA) is 0 Å². The van der Waals surface area contributed by atoms with E-state index in [2.05, 4.69) is 37.8 Å². The van der Waals surface area contributed by atoms with Crippen molar-refractivity contribution in [3.8, 4) is 0 Å². The average Bonchev–Trinajstić information content (AvgIpc) is 2.16. The van der Waals surface area contributed by atoms with Crippen LogP contribution in [0.1, 0.15) is 45.4 Å². The van der Waals surface area contributed by atoms with Gasteiger partial charge in [-0.1, -0.05) is 30.4 Å². The lowest BCUT2D eigenvalue weighted by Crippen LogP contribution is -1.71. The Morgan fingerprint density at radius 1 is 0.846 bits per heavy atom. The van der Waals surface area contributed by atoms with Crippen molar-refractivity contribution >= 4 is 0 Å². The molecule has 0 spiro atoms. The van der Waals surface area contributed by atoms with E-state index in [9.17, 15) is 0 Å². The average molecular weight is 178 g/mol. The van der Waals surface area contributed by atoms with Crippen LogP contribution in [0.2, 0.25) is 0 Å². The number of hydrogen-bond donors (Lipinski definition) is 0. The standard InChI is InChI=1S/C13H22/c1-3-5-7-9-11-13-12-10-8-6-4-2/h3-4,6,11,13H,1,5,7-10,12H2,2H3. The van der Waals surface area contributed by atoms with Gasteiger partial charge in [-0.3, -0.25) is 0 Å². The molecule has 0 saturated carbocycles. The quantitative estimate of drug-likeness (QED) is 0.375. The maximum atomic E-state index is 3.70. The van der Waals surface area contributed by atoms with Crippen LogP contribution in [0, 0.1) is 0 Å². The van der Waals surface area contributed by atoms with E-state index in [1.165, 1.54) is 32.1 Å². The largest absolute Gasteiger partial charge is 0.103 e. The summed E-state index contributed by atoms with van der Waals surface area (Å²) in [6.07, 6.45) is 18.2. The molecule has 0 aliphatic carbocycles. The number of hydrogen-bond acceptors (Lipinski definition) is 0. The summed E-state index contributed by atoms with van der Waals surface area (Å²) in [5, 5.41) is 0. The summed E-state index contributed by atoms with van der Waals surface area (Å²) in [6, 6.07) is 0. The van der Waals surface area contributed by atoms with E-state index < -0.39 is 0 Å². The van der Waals surface area contributed by atoms with Crippen LogP contribution in [0.3, 0.4) is 0 Å². The van der Waals surface area contributed by atoms with Crippen molar-refractivity contribution in [3.63, 3.8) is 0 Å². The van der Waals surface area contributed by atoms with Crippen LogP contribution in [-0.2, 0) is 0 Å². The Bertz CT molecular complexity index is 151. The van der Waals surface area contributed by atoms with E-state index in [1.807, 2.05) is 6.08 Å². The molecule has 0 fully saturated rings. The molecule has 0 heterocycles. The fourth-order valence-corrected chi connectivity index (χ4v) is 1.14. The Balaban J connectivity index is 3.07. The molecule has 0 atom stereocenters. The second kappa shape index (κ2) is 11.2. The lowest BCUT2D eigenvalue weighted by atomic mass is 10.2. The Morgan fingerprint density at radius 3 is 1.92 bits per heavy atom. The molecule has 0 aromatic heterocycles. The Labute approximate surface area is 83.0 Å². The van der Waals surface area contributed by atoms with Gasteiger partial charge in [-0.2, -0.15) is 0 Å². The maximum absolute atomic E-state index is 3.70. The zero-order valence-electron chi connectivity index (χ0n) is 8.84. The summed E-state index contributed by atoms with van der Waals surface area (Å²) >= 11 is 0. The third-order valence-corrected chi connectivity index (χ3v) is 1.92. The van der Waals surface area contributed by atoms with Crippen molar-refractivity contribution in [2.24, 2.45) is 0 Å². The minimum absolute atomic E-state index is 1.14. The van der Waals surface area contributed by atoms with Crippen molar-refractivity contribution in [3.05, 3.63) is 37.0 Å². The monoisotopic (exact) mass is 178 g/mol. The number of unbranched alkanes of at least 4 members (excludes halogenated alkanes) is 4. The molecular formula is C13H22. The summed E-state index contributed by atoms with van der Waals surface area (Å²) in [5.41, 5.74) is 0. The van der Waals surface area contributed by atoms with Crippen LogP contribution in [0.15, 0.2) is 37.0 Å². The SMILES string of the molecule is C=CCCCC=CCCCC=CC. The van der Waals surface area contributed by atoms with Gasteiger partial charge in [0, 0.05) is 0 Å². The van der Waals surface area contributed by atoms with Gasteiger partial charge in [-0.25, -0.2) is 0 Å². The molecule has 0 aliphatic rings. The zero-order valence-corrected chi connectivity index (χ0v) is 8.84. The Kier molecular flexibility index (Phi) is 10.5. The van der Waals surface area contributed by atoms with Gasteiger partial charge in [0.1, 0.15) is 0 Å². The van der Waals surface area contributed by atoms with E-state index in [-0.39, 0.29) is 0 Å². The summed E-state index contributed by atoms with van der Waals surface area (Å²) < 4.78 is 0. The Hall–Kier alpha value is -0.780. The third kappa shape index (κ3) is 11.2. The smallest absolute Gasteiger partial charge is 0.0348 e. The van der Waals surface area contributed by atoms with Crippen molar-refractivity contribution in [2.75, 3.05) is 0 Å². The molecule has 74 valence electrons. The predicted molar refractivity (Wildman–Crippen MR) is 61.9 cm³/mol. The minimum Gasteiger partial charge on any atom is -0.103 e. The second-order valence-corrected chi connectivity index (χ2v) is 3.19. The van der Waals surface area contributed by atoms with Gasteiger partial charge in [-0.15, -0.1) is 6.58 Å². The first kappa shape index (κ1) is 12.2. The van der Waals surface area contributed by atoms with Crippen LogP contribution in [0.4, 0.5) is 0 Å². The van der Waals surface area contributed by atoms with Gasteiger partial charge in [0.2, 0.25) is 0 Å². The van der Waals surface area contributed by atoms with Gasteiger partial charge in [0.25, 0.3) is 0 Å². The predicted octanol–water partition coefficient (Wildman–Crippen LogP) is 4.65. The molecule has 0 N–H and O–H groups in total. The first-order chi connectivity index (χ1) is 6.41. The summed E-state index contributed by atoms with van der Waals surface area (Å²) in [4.78, 5) is 0. The van der Waals surface area contributed by atoms with Crippen LogP contribution in [-0.4, -0.2) is 0 Å². The lowest BCUT2D eigenvalue weighted by molar-refractivity contribution is 0.841. The fraction of sp³-hybridized carbons (Fsp3) is 0.538. The highest BCUT2D eigenvalue weighted by Crippen LogP contribution is 2.01. The summed E-state index contributed by atoms with van der Waals surface area (Å²) in [5.74, 6) is 0. The number of allylic oxidation sites excluding steroid dienone is 5. The molecule has 0 aromatic rings. The molecule has 0 amide bonds. The van der Waals surface area contributed by atoms with Crippen molar-refractivity contribution in [1.82, 2.24) is 0 Å². The normalized spacial score (nSPS) is 11.5. The highest BCUT2D eigenvalue weighted by molar-refractivity contribution is 4.84. The second-order valence-electron chi connectivity index (χ2n) is 3.19. The molecule has 0 aromatic carbocycles. The Morgan fingerprint density at radius 2 is 1.38 bits per heavy atom. The first-order valence-electron chi connectivity index (χ1n) is 5.29. The molecule has 0 rings (SSSR count). The van der Waals surface area contributed by atoms with Crippen LogP contribution >= 0.6 is 0 Å².